The molecule has 0 saturated heterocycles. The van der Waals surface area contributed by atoms with Crippen molar-refractivity contribution in [3.8, 4) is 0 Å². The summed E-state index contributed by atoms with van der Waals surface area (Å²) < 4.78 is 0.782. The number of H-pyrrole nitrogens is 1. The zero-order valence-corrected chi connectivity index (χ0v) is 8.85. The molecule has 0 aliphatic carbocycles. The molecule has 0 saturated carbocycles. The van der Waals surface area contributed by atoms with E-state index in [1.807, 2.05) is 12.1 Å². The quantitative estimate of drug-likeness (QED) is 0.841. The molecule has 0 aliphatic heterocycles. The van der Waals surface area contributed by atoms with E-state index >= 15 is 0 Å². The van der Waals surface area contributed by atoms with Gasteiger partial charge in [0.25, 0.3) is 0 Å². The van der Waals surface area contributed by atoms with Gasteiger partial charge in [0, 0.05) is 11.3 Å². The molecule has 0 amide bonds. The van der Waals surface area contributed by atoms with Gasteiger partial charge in [-0.15, -0.1) is 11.3 Å². The van der Waals surface area contributed by atoms with Gasteiger partial charge in [0.05, 0.1) is 10.4 Å². The van der Waals surface area contributed by atoms with Crippen LogP contribution in [-0.4, -0.2) is 15.2 Å². The first-order chi connectivity index (χ1) is 6.75. The van der Waals surface area contributed by atoms with Gasteiger partial charge in [-0.1, -0.05) is 11.6 Å². The van der Waals surface area contributed by atoms with E-state index < -0.39 is 0 Å². The predicted octanol–water partition coefficient (Wildman–Crippen LogP) is 1.76. The van der Waals surface area contributed by atoms with E-state index in [0.29, 0.717) is 5.82 Å². The number of nitrogens with two attached hydrogens (primary N) is 1. The van der Waals surface area contributed by atoms with Gasteiger partial charge in [-0.05, 0) is 12.1 Å². The molecule has 2 rings (SSSR count). The van der Waals surface area contributed by atoms with Gasteiger partial charge in [0.2, 0.25) is 0 Å². The zero-order chi connectivity index (χ0) is 9.97. The van der Waals surface area contributed by atoms with Gasteiger partial charge in [0.1, 0.15) is 12.2 Å². The average Bonchev–Trinajstić information content (AvgIpc) is 2.75. The summed E-state index contributed by atoms with van der Waals surface area (Å²) in [5.41, 5.74) is 5.91. The SMILES string of the molecule is NC(Cc1ccc(Cl)s1)c1ncn[nH]1. The molecule has 1 atom stereocenters. The molecule has 0 aliphatic rings. The highest BCUT2D eigenvalue weighted by molar-refractivity contribution is 7.16. The molecular formula is C8H9ClN4S. The Balaban J connectivity index is 2.05. The van der Waals surface area contributed by atoms with E-state index in [9.17, 15) is 0 Å². The van der Waals surface area contributed by atoms with Crippen molar-refractivity contribution in [2.24, 2.45) is 5.73 Å². The molecule has 6 heteroatoms. The van der Waals surface area contributed by atoms with Crippen LogP contribution >= 0.6 is 22.9 Å². The molecule has 0 spiro atoms. The third kappa shape index (κ3) is 2.12. The van der Waals surface area contributed by atoms with E-state index in [1.165, 1.54) is 17.7 Å². The molecule has 2 heterocycles. The maximum atomic E-state index is 5.91. The Morgan fingerprint density at radius 2 is 2.43 bits per heavy atom. The number of hydrogen-bond donors (Lipinski definition) is 2. The van der Waals surface area contributed by atoms with Gasteiger partial charge in [-0.2, -0.15) is 5.10 Å². The van der Waals surface area contributed by atoms with Crippen molar-refractivity contribution >= 4 is 22.9 Å². The summed E-state index contributed by atoms with van der Waals surface area (Å²) in [4.78, 5) is 5.15. The molecule has 3 N–H and O–H groups in total. The molecule has 0 bridgehead atoms. The average molecular weight is 229 g/mol. The molecule has 1 unspecified atom stereocenters. The number of aromatic nitrogens is 3. The molecule has 14 heavy (non-hydrogen) atoms. The molecule has 74 valence electrons. The van der Waals surface area contributed by atoms with Crippen molar-refractivity contribution in [1.82, 2.24) is 15.2 Å². The van der Waals surface area contributed by atoms with Crippen molar-refractivity contribution in [3.05, 3.63) is 33.5 Å². The summed E-state index contributed by atoms with van der Waals surface area (Å²) in [6.07, 6.45) is 2.18. The number of hydrogen-bond acceptors (Lipinski definition) is 4. The van der Waals surface area contributed by atoms with Crippen molar-refractivity contribution in [3.63, 3.8) is 0 Å². The standard InChI is InChI=1S/C8H9ClN4S/c9-7-2-1-5(14-7)3-6(10)8-11-4-12-13-8/h1-2,4,6H,3,10H2,(H,11,12,13). The summed E-state index contributed by atoms with van der Waals surface area (Å²) in [5.74, 6) is 0.703. The Bertz CT molecular complexity index is 397. The van der Waals surface area contributed by atoms with Crippen molar-refractivity contribution in [2.45, 2.75) is 12.5 Å². The molecule has 0 radical (unpaired) electrons. The fraction of sp³-hybridized carbons (Fsp3) is 0.250. The lowest BCUT2D eigenvalue weighted by Crippen LogP contribution is -2.14. The van der Waals surface area contributed by atoms with Crippen LogP contribution in [0.1, 0.15) is 16.7 Å². The van der Waals surface area contributed by atoms with E-state index in [4.69, 9.17) is 17.3 Å². The third-order valence-electron chi connectivity index (χ3n) is 1.83. The van der Waals surface area contributed by atoms with Crippen LogP contribution in [0.4, 0.5) is 0 Å². The third-order valence-corrected chi connectivity index (χ3v) is 3.09. The fourth-order valence-electron chi connectivity index (χ4n) is 1.17. The summed E-state index contributed by atoms with van der Waals surface area (Å²) in [6, 6.07) is 3.70. The molecule has 0 aromatic carbocycles. The van der Waals surface area contributed by atoms with Crippen LogP contribution in [0.15, 0.2) is 18.5 Å². The largest absolute Gasteiger partial charge is 0.321 e. The van der Waals surface area contributed by atoms with Crippen LogP contribution in [0, 0.1) is 0 Å². The monoisotopic (exact) mass is 228 g/mol. The smallest absolute Gasteiger partial charge is 0.141 e. The number of nitrogens with zero attached hydrogens (tertiary/aromatic N) is 2. The summed E-state index contributed by atoms with van der Waals surface area (Å²) in [5, 5.41) is 6.50. The van der Waals surface area contributed by atoms with Crippen LogP contribution in [0.2, 0.25) is 4.34 Å². The van der Waals surface area contributed by atoms with Gasteiger partial charge < -0.3 is 5.73 Å². The lowest BCUT2D eigenvalue weighted by atomic mass is 10.2. The lowest BCUT2D eigenvalue weighted by molar-refractivity contribution is 0.677. The van der Waals surface area contributed by atoms with E-state index in [1.54, 1.807) is 0 Å². The normalized spacial score (nSPS) is 13.0. The second-order valence-corrected chi connectivity index (χ2v) is 4.69. The van der Waals surface area contributed by atoms with Gasteiger partial charge in [0.15, 0.2) is 0 Å². The van der Waals surface area contributed by atoms with E-state index in [0.717, 1.165) is 15.6 Å². The second kappa shape index (κ2) is 4.08. The molecule has 2 aromatic heterocycles. The topological polar surface area (TPSA) is 67.6 Å². The first-order valence-corrected chi connectivity index (χ1v) is 5.30. The maximum absolute atomic E-state index is 5.91. The number of halogens is 1. The Hall–Kier alpha value is -0.910. The molecule has 2 aromatic rings. The number of aromatic amines is 1. The predicted molar refractivity (Wildman–Crippen MR) is 56.3 cm³/mol. The number of thiophene rings is 1. The summed E-state index contributed by atoms with van der Waals surface area (Å²) in [6.45, 7) is 0. The number of nitrogens with one attached hydrogen (secondary N) is 1. The highest BCUT2D eigenvalue weighted by atomic mass is 35.5. The minimum absolute atomic E-state index is 0.146. The van der Waals surface area contributed by atoms with Gasteiger partial charge >= 0.3 is 0 Å². The van der Waals surface area contributed by atoms with Crippen LogP contribution < -0.4 is 5.73 Å². The highest BCUT2D eigenvalue weighted by Crippen LogP contribution is 2.24. The molecule has 0 fully saturated rings. The van der Waals surface area contributed by atoms with Gasteiger partial charge in [-0.3, -0.25) is 5.10 Å². The summed E-state index contributed by atoms with van der Waals surface area (Å²) in [7, 11) is 0. The zero-order valence-electron chi connectivity index (χ0n) is 7.27. The van der Waals surface area contributed by atoms with Crippen molar-refractivity contribution < 1.29 is 0 Å². The van der Waals surface area contributed by atoms with Crippen molar-refractivity contribution in [1.29, 1.82) is 0 Å². The lowest BCUT2D eigenvalue weighted by Gasteiger charge is -2.05. The van der Waals surface area contributed by atoms with Crippen LogP contribution in [0.5, 0.6) is 0 Å². The second-order valence-electron chi connectivity index (χ2n) is 2.89. The number of rotatable bonds is 3. The highest BCUT2D eigenvalue weighted by Gasteiger charge is 2.10. The Morgan fingerprint density at radius 1 is 1.57 bits per heavy atom. The first-order valence-electron chi connectivity index (χ1n) is 4.11. The Morgan fingerprint density at radius 3 is 3.00 bits per heavy atom. The maximum Gasteiger partial charge on any atom is 0.141 e. The first kappa shape index (κ1) is 9.64. The van der Waals surface area contributed by atoms with Gasteiger partial charge in [-0.25, -0.2) is 4.98 Å². The fourth-order valence-corrected chi connectivity index (χ4v) is 2.31. The van der Waals surface area contributed by atoms with Crippen molar-refractivity contribution in [2.75, 3.05) is 0 Å². The van der Waals surface area contributed by atoms with Crippen LogP contribution in [-0.2, 0) is 6.42 Å². The summed E-state index contributed by atoms with van der Waals surface area (Å²) >= 11 is 7.35. The molecule has 4 nitrogen and oxygen atoms in total. The van der Waals surface area contributed by atoms with E-state index in [2.05, 4.69) is 15.2 Å². The molecular weight excluding hydrogens is 220 g/mol. The van der Waals surface area contributed by atoms with E-state index in [-0.39, 0.29) is 6.04 Å². The minimum Gasteiger partial charge on any atom is -0.321 e. The Labute approximate surface area is 90.1 Å². The van der Waals surface area contributed by atoms with Crippen LogP contribution in [0.25, 0.3) is 0 Å². The van der Waals surface area contributed by atoms with Crippen LogP contribution in [0.3, 0.4) is 0 Å². The minimum atomic E-state index is -0.146. The Kier molecular flexibility index (Phi) is 2.81.